The van der Waals surface area contributed by atoms with Gasteiger partial charge in [-0.2, -0.15) is 5.06 Å². The normalized spacial score (nSPS) is 34.5. The monoisotopic (exact) mass is 753 g/mol. The van der Waals surface area contributed by atoms with Crippen LogP contribution < -0.4 is 10.6 Å². The molecule has 2 saturated carbocycles. The number of fused-ring (bicyclic) bond motifs is 5. The van der Waals surface area contributed by atoms with Crippen LogP contribution >= 0.6 is 0 Å². The number of hydrogen-bond donors (Lipinski definition) is 4. The molecule has 1 aromatic carbocycles. The Balaban J connectivity index is 1.17. The number of hydroxylamine groups is 2. The molecule has 2 bridgehead atoms. The predicted molar refractivity (Wildman–Crippen MR) is 197 cm³/mol. The van der Waals surface area contributed by atoms with Crippen molar-refractivity contribution in [2.75, 3.05) is 13.2 Å². The number of allylic oxidation sites excluding steroid dienone is 1. The fourth-order valence-corrected chi connectivity index (χ4v) is 9.44. The van der Waals surface area contributed by atoms with Gasteiger partial charge in [0, 0.05) is 25.8 Å². The third kappa shape index (κ3) is 7.87. The Hall–Kier alpha value is -2.91. The number of esters is 1. The number of rotatable bonds is 18. The van der Waals surface area contributed by atoms with E-state index in [1.807, 2.05) is 24.3 Å². The topological polar surface area (TPSA) is 168 Å². The number of hydrogen-bond acceptors (Lipinski definition) is 11. The van der Waals surface area contributed by atoms with Crippen LogP contribution in [0.2, 0.25) is 0 Å². The van der Waals surface area contributed by atoms with E-state index >= 15 is 0 Å². The molecule has 13 nitrogen and oxygen atoms in total. The van der Waals surface area contributed by atoms with Gasteiger partial charge in [0.15, 0.2) is 11.8 Å². The lowest BCUT2D eigenvalue weighted by molar-refractivity contribution is -0.224. The molecule has 0 aromatic heterocycles. The van der Waals surface area contributed by atoms with Gasteiger partial charge in [-0.05, 0) is 56.1 Å². The summed E-state index contributed by atoms with van der Waals surface area (Å²) in [6.45, 7) is 5.55. The summed E-state index contributed by atoms with van der Waals surface area (Å²) in [6, 6.07) is 5.58. The number of nitrogens with zero attached hydrogens (tertiary/aromatic N) is 1. The summed E-state index contributed by atoms with van der Waals surface area (Å²) in [4.78, 5) is 48.8. The van der Waals surface area contributed by atoms with Gasteiger partial charge in [-0.15, -0.1) is 0 Å². The van der Waals surface area contributed by atoms with E-state index in [2.05, 4.69) is 36.6 Å². The van der Waals surface area contributed by atoms with Gasteiger partial charge in [0.1, 0.15) is 35.9 Å². The van der Waals surface area contributed by atoms with Crippen molar-refractivity contribution in [2.24, 2.45) is 11.3 Å². The van der Waals surface area contributed by atoms with E-state index in [0.29, 0.717) is 31.0 Å². The zero-order valence-corrected chi connectivity index (χ0v) is 32.0. The van der Waals surface area contributed by atoms with Gasteiger partial charge in [-0.25, -0.2) is 0 Å². The Morgan fingerprint density at radius 3 is 2.39 bits per heavy atom. The Labute approximate surface area is 318 Å². The molecule has 2 aliphatic carbocycles. The summed E-state index contributed by atoms with van der Waals surface area (Å²) in [7, 11) is 0. The maximum absolute atomic E-state index is 14.8. The summed E-state index contributed by atoms with van der Waals surface area (Å²) in [5.41, 5.74) is 0.432. The van der Waals surface area contributed by atoms with Crippen LogP contribution in [0.5, 0.6) is 0 Å². The fraction of sp³-hybridized carbons (Fsp3) is 0.732. The zero-order valence-electron chi connectivity index (χ0n) is 32.0. The second kappa shape index (κ2) is 16.7. The minimum Gasteiger partial charge on any atom is -0.458 e. The van der Waals surface area contributed by atoms with Gasteiger partial charge >= 0.3 is 5.97 Å². The lowest BCUT2D eigenvalue weighted by Crippen LogP contribution is -2.71. The number of carbonyl (C=O) groups is 3. The molecule has 4 heterocycles. The van der Waals surface area contributed by atoms with Gasteiger partial charge in [-0.3, -0.25) is 19.2 Å². The molecule has 1 aromatic rings. The molecule has 7 rings (SSSR count). The highest BCUT2D eigenvalue weighted by molar-refractivity contribution is 5.96. The average Bonchev–Trinajstić information content (AvgIpc) is 3.71. The van der Waals surface area contributed by atoms with Crippen LogP contribution in [-0.2, 0) is 44.7 Å². The van der Waals surface area contributed by atoms with Crippen LogP contribution in [0.15, 0.2) is 30.3 Å². The maximum Gasteiger partial charge on any atom is 0.327 e. The number of ether oxygens (including phenoxy) is 4. The SMILES string of the molecule is CCCCCC1(CCCCC)O[C@@H]2[C@H](O1)[C@H]1ON(Cc3ccc(C=CC4CCC5OC5C4)cc3)[C@H]3C(=O)O[C@@H]2C[C@@]13C(=O)N[C@@H](C(=O)NCCO)[C@H](C)O. The van der Waals surface area contributed by atoms with Gasteiger partial charge in [0.05, 0.1) is 31.5 Å². The molecule has 2 amide bonds. The first-order valence-electron chi connectivity index (χ1n) is 20.4. The number of unbranched alkanes of at least 4 members (excludes halogenated alkanes) is 4. The highest BCUT2D eigenvalue weighted by Gasteiger charge is 2.76. The number of carbonyl (C=O) groups excluding carboxylic acids is 3. The van der Waals surface area contributed by atoms with E-state index in [4.69, 9.17) is 23.8 Å². The first-order chi connectivity index (χ1) is 26.1. The minimum atomic E-state index is -1.51. The summed E-state index contributed by atoms with van der Waals surface area (Å²) >= 11 is 0. The van der Waals surface area contributed by atoms with Gasteiger partial charge in [0.2, 0.25) is 11.8 Å². The molecule has 6 fully saturated rings. The van der Waals surface area contributed by atoms with Crippen LogP contribution in [0, 0.1) is 11.3 Å². The Kier molecular flexibility index (Phi) is 12.1. The quantitative estimate of drug-likeness (QED) is 0.0981. The molecular formula is C41H59N3O10. The Bertz CT molecular complexity index is 1510. The van der Waals surface area contributed by atoms with Crippen molar-refractivity contribution in [1.29, 1.82) is 0 Å². The zero-order chi connectivity index (χ0) is 38.0. The Morgan fingerprint density at radius 2 is 1.72 bits per heavy atom. The lowest BCUT2D eigenvalue weighted by atomic mass is 9.62. The van der Waals surface area contributed by atoms with E-state index < -0.39 is 71.6 Å². The summed E-state index contributed by atoms with van der Waals surface area (Å²) < 4.78 is 25.6. The second-order valence-electron chi connectivity index (χ2n) is 16.3. The second-order valence-corrected chi connectivity index (χ2v) is 16.3. The standard InChI is InChI=1S/C41H59N3O10/c1-4-6-8-18-40(19-9-7-5-2)52-33-31-23-41(39(49)43-32(25(3)46)37(47)42-20-21-45)35(38(48)51-31)44(54-36(41)34(33)53-40)24-28-14-11-26(12-15-28)10-13-27-16-17-29-30(22-27)50-29/h10-15,25,27,29-36,45-46H,4-9,16-24H2,1-3H3,(H,42,47)(H,43,49)/t25-,27?,29?,30?,31+,32+,33-,34-,35-,36+,41-/m0/s1. The Morgan fingerprint density at radius 1 is 1.00 bits per heavy atom. The molecule has 13 heteroatoms. The predicted octanol–water partition coefficient (Wildman–Crippen LogP) is 3.68. The number of aliphatic hydroxyl groups is 2. The van der Waals surface area contributed by atoms with Crippen LogP contribution in [0.3, 0.4) is 0 Å². The van der Waals surface area contributed by atoms with Gasteiger partial charge < -0.3 is 39.8 Å². The molecule has 0 spiro atoms. The summed E-state index contributed by atoms with van der Waals surface area (Å²) in [6.07, 6.45) is 11.6. The number of benzene rings is 1. The summed E-state index contributed by atoms with van der Waals surface area (Å²) in [5, 5.41) is 26.8. The number of aliphatic hydroxyl groups excluding tert-OH is 2. The first kappa shape index (κ1) is 39.3. The smallest absolute Gasteiger partial charge is 0.327 e. The van der Waals surface area contributed by atoms with E-state index in [1.54, 1.807) is 5.06 Å². The minimum absolute atomic E-state index is 0.0440. The van der Waals surface area contributed by atoms with Crippen LogP contribution in [0.4, 0.5) is 0 Å². The van der Waals surface area contributed by atoms with E-state index in [0.717, 1.165) is 68.9 Å². The van der Waals surface area contributed by atoms with E-state index in [9.17, 15) is 24.6 Å². The molecule has 0 radical (unpaired) electrons. The molecule has 298 valence electrons. The molecule has 6 aliphatic rings. The molecule has 4 saturated heterocycles. The molecule has 4 aliphatic heterocycles. The number of amides is 2. The third-order valence-corrected chi connectivity index (χ3v) is 12.4. The van der Waals surface area contributed by atoms with E-state index in [1.165, 1.54) is 6.92 Å². The van der Waals surface area contributed by atoms with Crippen molar-refractivity contribution in [3.05, 3.63) is 41.5 Å². The highest BCUT2D eigenvalue weighted by Crippen LogP contribution is 2.58. The molecule has 4 N–H and O–H groups in total. The van der Waals surface area contributed by atoms with Crippen LogP contribution in [0.25, 0.3) is 6.08 Å². The van der Waals surface area contributed by atoms with Crippen molar-refractivity contribution in [2.45, 2.75) is 165 Å². The molecular weight excluding hydrogens is 694 g/mol. The largest absolute Gasteiger partial charge is 0.458 e. The van der Waals surface area contributed by atoms with Gasteiger partial charge in [-0.1, -0.05) is 75.9 Å². The lowest BCUT2D eigenvalue weighted by Gasteiger charge is -2.49. The van der Waals surface area contributed by atoms with Crippen molar-refractivity contribution >= 4 is 23.9 Å². The van der Waals surface area contributed by atoms with Crippen molar-refractivity contribution < 1.29 is 48.4 Å². The van der Waals surface area contributed by atoms with E-state index in [-0.39, 0.29) is 26.1 Å². The summed E-state index contributed by atoms with van der Waals surface area (Å²) in [5.74, 6) is -2.25. The first-order valence-corrected chi connectivity index (χ1v) is 20.4. The maximum atomic E-state index is 14.8. The number of nitrogens with one attached hydrogen (secondary N) is 2. The van der Waals surface area contributed by atoms with Gasteiger partial charge in [0.25, 0.3) is 0 Å². The molecule has 54 heavy (non-hydrogen) atoms. The van der Waals surface area contributed by atoms with Crippen molar-refractivity contribution in [3.63, 3.8) is 0 Å². The third-order valence-electron chi connectivity index (χ3n) is 12.4. The number of epoxide rings is 1. The average molecular weight is 754 g/mol. The fourth-order valence-electron chi connectivity index (χ4n) is 9.44. The van der Waals surface area contributed by atoms with Crippen LogP contribution in [0.1, 0.15) is 109 Å². The highest BCUT2D eigenvalue weighted by atomic mass is 16.8. The van der Waals surface area contributed by atoms with Crippen molar-refractivity contribution in [3.8, 4) is 0 Å². The van der Waals surface area contributed by atoms with Crippen molar-refractivity contribution in [1.82, 2.24) is 15.7 Å². The molecule has 3 unspecified atom stereocenters. The van der Waals surface area contributed by atoms with Crippen LogP contribution in [-0.4, -0.2) is 107 Å². The molecule has 11 atom stereocenters.